The van der Waals surface area contributed by atoms with Crippen molar-refractivity contribution in [2.75, 3.05) is 0 Å². The first-order valence-corrected chi connectivity index (χ1v) is 7.17. The monoisotopic (exact) mass is 337 g/mol. The third-order valence-corrected chi connectivity index (χ3v) is 4.30. The molecule has 0 aromatic heterocycles. The topological polar surface area (TPSA) is 29.1 Å². The number of alkyl halides is 4. The van der Waals surface area contributed by atoms with Gasteiger partial charge in [0.2, 0.25) is 5.91 Å². The van der Waals surface area contributed by atoms with Crippen molar-refractivity contribution >= 4 is 17.5 Å². The molecule has 7 heteroatoms. The molecule has 22 heavy (non-hydrogen) atoms. The lowest BCUT2D eigenvalue weighted by Crippen LogP contribution is -2.62. The van der Waals surface area contributed by atoms with Crippen LogP contribution < -0.4 is 5.32 Å². The van der Waals surface area contributed by atoms with Gasteiger partial charge in [-0.1, -0.05) is 18.2 Å². The van der Waals surface area contributed by atoms with E-state index in [0.29, 0.717) is 0 Å². The smallest absolute Gasteiger partial charge is 0.349 e. The number of carbonyl (C=O) groups excluding carboxylic acids is 1. The van der Waals surface area contributed by atoms with Crippen LogP contribution in [0, 0.1) is 11.2 Å². The minimum Gasteiger partial charge on any atom is -0.349 e. The van der Waals surface area contributed by atoms with Gasteiger partial charge in [-0.25, -0.2) is 4.39 Å². The SMILES string of the molecule is C[C@@H](NC(=O)C1(C(F)(F)F)CC(C)(Cl)C1)c1ccccc1F. The maximum Gasteiger partial charge on any atom is 0.403 e. The summed E-state index contributed by atoms with van der Waals surface area (Å²) >= 11 is 5.88. The second-order valence-corrected chi connectivity index (χ2v) is 6.98. The van der Waals surface area contributed by atoms with E-state index in [1.807, 2.05) is 0 Å². The number of hydrogen-bond donors (Lipinski definition) is 1. The van der Waals surface area contributed by atoms with Crippen molar-refractivity contribution in [1.82, 2.24) is 5.32 Å². The molecule has 0 heterocycles. The van der Waals surface area contributed by atoms with E-state index in [2.05, 4.69) is 5.32 Å². The quantitative estimate of drug-likeness (QED) is 0.645. The van der Waals surface area contributed by atoms with Gasteiger partial charge in [0, 0.05) is 10.4 Å². The number of halogens is 5. The van der Waals surface area contributed by atoms with Crippen LogP contribution in [0.4, 0.5) is 17.6 Å². The Balaban J connectivity index is 2.19. The van der Waals surface area contributed by atoms with Crippen LogP contribution in [0.25, 0.3) is 0 Å². The molecule has 0 radical (unpaired) electrons. The zero-order valence-electron chi connectivity index (χ0n) is 12.1. The van der Waals surface area contributed by atoms with Crippen LogP contribution >= 0.6 is 11.6 Å². The van der Waals surface area contributed by atoms with E-state index in [-0.39, 0.29) is 5.56 Å². The Hall–Kier alpha value is -1.30. The molecule has 1 aromatic carbocycles. The third-order valence-electron chi connectivity index (χ3n) is 4.04. The summed E-state index contributed by atoms with van der Waals surface area (Å²) in [5, 5.41) is 2.27. The standard InChI is InChI=1S/C15H16ClF4NO/c1-9(10-5-3-4-6-11(10)17)21-12(22)14(15(18,19)20)7-13(2,16)8-14/h3-6,9H,7-8H2,1-2H3,(H,21,22)/t9-,13?,14?/m1/s1. The first-order chi connectivity index (χ1) is 9.98. The number of carbonyl (C=O) groups is 1. The lowest BCUT2D eigenvalue weighted by molar-refractivity contribution is -0.249. The highest BCUT2D eigenvalue weighted by Crippen LogP contribution is 2.60. The first kappa shape index (κ1) is 17.1. The second kappa shape index (κ2) is 5.41. The van der Waals surface area contributed by atoms with Crippen LogP contribution in [0.3, 0.4) is 0 Å². The maximum absolute atomic E-state index is 13.6. The number of amides is 1. The zero-order valence-corrected chi connectivity index (χ0v) is 12.9. The van der Waals surface area contributed by atoms with Gasteiger partial charge in [-0.2, -0.15) is 13.2 Å². The molecule has 0 aliphatic heterocycles. The van der Waals surface area contributed by atoms with E-state index in [4.69, 9.17) is 11.6 Å². The molecule has 0 bridgehead atoms. The molecule has 122 valence electrons. The third kappa shape index (κ3) is 2.93. The summed E-state index contributed by atoms with van der Waals surface area (Å²) in [4.78, 5) is 11.1. The normalized spacial score (nSPS) is 29.6. The molecule has 1 atom stereocenters. The van der Waals surface area contributed by atoms with Crippen molar-refractivity contribution in [3.05, 3.63) is 35.6 Å². The van der Waals surface area contributed by atoms with E-state index in [1.165, 1.54) is 32.0 Å². The van der Waals surface area contributed by atoms with Crippen molar-refractivity contribution in [3.63, 3.8) is 0 Å². The Kier molecular flexibility index (Phi) is 4.19. The van der Waals surface area contributed by atoms with Gasteiger partial charge in [-0.3, -0.25) is 4.79 Å². The molecular formula is C15H16ClF4NO. The average Bonchev–Trinajstić information content (AvgIpc) is 2.34. The average molecular weight is 338 g/mol. The number of rotatable bonds is 3. The molecule has 1 aliphatic rings. The molecule has 1 N–H and O–H groups in total. The highest BCUT2D eigenvalue weighted by molar-refractivity contribution is 6.25. The molecule has 1 aromatic rings. The number of nitrogens with one attached hydrogen (secondary N) is 1. The summed E-state index contributed by atoms with van der Waals surface area (Å²) in [7, 11) is 0. The summed E-state index contributed by atoms with van der Waals surface area (Å²) in [6, 6.07) is 4.77. The molecule has 0 spiro atoms. The Labute approximate surface area is 130 Å². The predicted molar refractivity (Wildman–Crippen MR) is 74.9 cm³/mol. The maximum atomic E-state index is 13.6. The summed E-state index contributed by atoms with van der Waals surface area (Å²) in [5.74, 6) is -1.74. The highest BCUT2D eigenvalue weighted by atomic mass is 35.5. The second-order valence-electron chi connectivity index (χ2n) is 6.06. The number of benzene rings is 1. The van der Waals surface area contributed by atoms with Gasteiger partial charge in [0.25, 0.3) is 0 Å². The van der Waals surface area contributed by atoms with Gasteiger partial charge < -0.3 is 5.32 Å². The van der Waals surface area contributed by atoms with Crippen molar-refractivity contribution in [2.45, 2.75) is 43.8 Å². The van der Waals surface area contributed by atoms with Gasteiger partial charge >= 0.3 is 6.18 Å². The van der Waals surface area contributed by atoms with Gasteiger partial charge in [0.15, 0.2) is 0 Å². The van der Waals surface area contributed by atoms with Gasteiger partial charge in [0.05, 0.1) is 6.04 Å². The minimum absolute atomic E-state index is 0.140. The Morgan fingerprint density at radius 1 is 1.32 bits per heavy atom. The van der Waals surface area contributed by atoms with Crippen molar-refractivity contribution in [3.8, 4) is 0 Å². The van der Waals surface area contributed by atoms with Crippen molar-refractivity contribution < 1.29 is 22.4 Å². The molecule has 2 rings (SSSR count). The molecular weight excluding hydrogens is 322 g/mol. The molecule has 1 aliphatic carbocycles. The van der Waals surface area contributed by atoms with Crippen LogP contribution in [0.2, 0.25) is 0 Å². The summed E-state index contributed by atoms with van der Waals surface area (Å²) < 4.78 is 53.5. The minimum atomic E-state index is -4.69. The fourth-order valence-corrected chi connectivity index (χ4v) is 3.39. The van der Waals surface area contributed by atoms with Crippen LogP contribution in [0.15, 0.2) is 24.3 Å². The highest BCUT2D eigenvalue weighted by Gasteiger charge is 2.70. The number of hydrogen-bond acceptors (Lipinski definition) is 1. The molecule has 0 unspecified atom stereocenters. The van der Waals surface area contributed by atoms with Gasteiger partial charge in [-0.05, 0) is 32.8 Å². The molecule has 2 nitrogen and oxygen atoms in total. The Bertz CT molecular complexity index is 577. The molecule has 0 saturated heterocycles. The van der Waals surface area contributed by atoms with Crippen LogP contribution in [-0.4, -0.2) is 17.0 Å². The van der Waals surface area contributed by atoms with Crippen LogP contribution in [0.1, 0.15) is 38.3 Å². The Morgan fingerprint density at radius 2 is 1.86 bits per heavy atom. The lowest BCUT2D eigenvalue weighted by Gasteiger charge is -2.50. The van der Waals surface area contributed by atoms with Crippen LogP contribution in [0.5, 0.6) is 0 Å². The summed E-state index contributed by atoms with van der Waals surface area (Å²) in [6.45, 7) is 2.91. The fraction of sp³-hybridized carbons (Fsp3) is 0.533. The largest absolute Gasteiger partial charge is 0.403 e. The van der Waals surface area contributed by atoms with Gasteiger partial charge in [0.1, 0.15) is 11.2 Å². The van der Waals surface area contributed by atoms with Crippen molar-refractivity contribution in [2.24, 2.45) is 5.41 Å². The molecule has 1 amide bonds. The zero-order chi connectivity index (χ0) is 16.8. The van der Waals surface area contributed by atoms with E-state index >= 15 is 0 Å². The van der Waals surface area contributed by atoms with E-state index in [9.17, 15) is 22.4 Å². The molecule has 1 fully saturated rings. The fourth-order valence-electron chi connectivity index (χ4n) is 2.94. The van der Waals surface area contributed by atoms with E-state index in [1.54, 1.807) is 6.07 Å². The predicted octanol–water partition coefficient (Wildman–Crippen LogP) is 4.34. The van der Waals surface area contributed by atoms with Gasteiger partial charge in [-0.15, -0.1) is 11.6 Å². The van der Waals surface area contributed by atoms with Crippen molar-refractivity contribution in [1.29, 1.82) is 0 Å². The summed E-state index contributed by atoms with van der Waals surface area (Å²) in [6.07, 6.45) is -5.66. The van der Waals surface area contributed by atoms with Crippen LogP contribution in [-0.2, 0) is 4.79 Å². The first-order valence-electron chi connectivity index (χ1n) is 6.80. The molecule has 1 saturated carbocycles. The van der Waals surface area contributed by atoms with E-state index in [0.717, 1.165) is 0 Å². The lowest BCUT2D eigenvalue weighted by atomic mass is 9.60. The Morgan fingerprint density at radius 3 is 2.32 bits per heavy atom. The summed E-state index contributed by atoms with van der Waals surface area (Å²) in [5.41, 5.74) is -2.36. The van der Waals surface area contributed by atoms with E-state index < -0.39 is 47.1 Å².